The highest BCUT2D eigenvalue weighted by Crippen LogP contribution is 2.30. The van der Waals surface area contributed by atoms with Crippen LogP contribution in [0, 0.1) is 0 Å². The van der Waals surface area contributed by atoms with Gasteiger partial charge in [0.15, 0.2) is 0 Å². The fourth-order valence-electron chi connectivity index (χ4n) is 2.69. The molecule has 1 aliphatic heterocycles. The van der Waals surface area contributed by atoms with E-state index in [2.05, 4.69) is 54.5 Å². The van der Waals surface area contributed by atoms with E-state index in [4.69, 9.17) is 0 Å². The van der Waals surface area contributed by atoms with Crippen LogP contribution in [0.4, 0.5) is 0 Å². The molecule has 2 heteroatoms. The molecule has 0 fully saturated rings. The van der Waals surface area contributed by atoms with E-state index in [1.165, 1.54) is 27.7 Å². The molecule has 1 atom stereocenters. The molecule has 2 N–H and O–H groups in total. The van der Waals surface area contributed by atoms with Crippen LogP contribution in [-0.4, -0.2) is 11.5 Å². The molecule has 0 spiro atoms. The van der Waals surface area contributed by atoms with E-state index >= 15 is 0 Å². The van der Waals surface area contributed by atoms with Gasteiger partial charge in [0.1, 0.15) is 0 Å². The lowest BCUT2D eigenvalue weighted by molar-refractivity contribution is 0.571. The average molecular weight is 226 g/mol. The molecule has 1 aliphatic rings. The molecule has 17 heavy (non-hydrogen) atoms. The van der Waals surface area contributed by atoms with Crippen LogP contribution < -0.4 is 5.32 Å². The summed E-state index contributed by atoms with van der Waals surface area (Å²) in [7, 11) is 0. The summed E-state index contributed by atoms with van der Waals surface area (Å²) in [5, 5.41) is 4.95. The number of hydrogen-bond donors (Lipinski definition) is 2. The van der Waals surface area contributed by atoms with Crippen molar-refractivity contribution in [2.75, 3.05) is 6.54 Å². The Labute approximate surface area is 102 Å². The molecule has 0 aliphatic carbocycles. The van der Waals surface area contributed by atoms with Gasteiger partial charge in [-0.3, -0.25) is 0 Å². The van der Waals surface area contributed by atoms with Crippen LogP contribution in [0.25, 0.3) is 10.9 Å². The number of para-hydroxylation sites is 1. The summed E-state index contributed by atoms with van der Waals surface area (Å²) in [5.74, 6) is 0. The van der Waals surface area contributed by atoms with E-state index in [-0.39, 0.29) is 0 Å². The number of fused-ring (bicyclic) bond motifs is 3. The lowest BCUT2D eigenvalue weighted by Gasteiger charge is -2.22. The molecule has 1 aromatic carbocycles. The SMILES string of the molecule is CC(C)=CC1NCCc2c1[nH]c1ccccc21. The number of hydrogen-bond acceptors (Lipinski definition) is 1. The number of nitrogens with one attached hydrogen (secondary N) is 2. The molecular formula is C15H18N2. The Kier molecular flexibility index (Phi) is 2.52. The third-order valence-electron chi connectivity index (χ3n) is 3.40. The van der Waals surface area contributed by atoms with Gasteiger partial charge in [-0.1, -0.05) is 29.8 Å². The number of H-pyrrole nitrogens is 1. The minimum Gasteiger partial charge on any atom is -0.357 e. The van der Waals surface area contributed by atoms with Crippen molar-refractivity contribution in [2.24, 2.45) is 0 Å². The second-order valence-corrected chi connectivity index (χ2v) is 4.99. The predicted octanol–water partition coefficient (Wildman–Crippen LogP) is 3.32. The zero-order valence-electron chi connectivity index (χ0n) is 10.4. The normalized spacial score (nSPS) is 19.1. The predicted molar refractivity (Wildman–Crippen MR) is 72.2 cm³/mol. The summed E-state index contributed by atoms with van der Waals surface area (Å²) in [6, 6.07) is 8.93. The third kappa shape index (κ3) is 1.79. The molecule has 1 aromatic heterocycles. The molecule has 2 nitrogen and oxygen atoms in total. The molecule has 88 valence electrons. The molecule has 0 amide bonds. The van der Waals surface area contributed by atoms with E-state index in [1.54, 1.807) is 0 Å². The zero-order chi connectivity index (χ0) is 11.8. The first-order chi connectivity index (χ1) is 8.25. The Hall–Kier alpha value is -1.54. The van der Waals surface area contributed by atoms with Gasteiger partial charge >= 0.3 is 0 Å². The van der Waals surface area contributed by atoms with Crippen LogP contribution in [0.5, 0.6) is 0 Å². The van der Waals surface area contributed by atoms with Crippen molar-refractivity contribution in [2.45, 2.75) is 26.3 Å². The monoisotopic (exact) mass is 226 g/mol. The number of benzene rings is 1. The summed E-state index contributed by atoms with van der Waals surface area (Å²) in [6.07, 6.45) is 3.42. The summed E-state index contributed by atoms with van der Waals surface area (Å²) in [4.78, 5) is 3.56. The second-order valence-electron chi connectivity index (χ2n) is 4.99. The summed E-state index contributed by atoms with van der Waals surface area (Å²) < 4.78 is 0. The van der Waals surface area contributed by atoms with E-state index in [0.717, 1.165) is 13.0 Å². The van der Waals surface area contributed by atoms with Gasteiger partial charge in [0.05, 0.1) is 6.04 Å². The zero-order valence-corrected chi connectivity index (χ0v) is 10.4. The Balaban J connectivity index is 2.17. The second kappa shape index (κ2) is 4.04. The topological polar surface area (TPSA) is 27.8 Å². The molecule has 2 aromatic rings. The Bertz CT molecular complexity index is 574. The van der Waals surface area contributed by atoms with E-state index in [0.29, 0.717) is 6.04 Å². The maximum Gasteiger partial charge on any atom is 0.0664 e. The summed E-state index contributed by atoms with van der Waals surface area (Å²) in [5.41, 5.74) is 5.45. The highest BCUT2D eigenvalue weighted by atomic mass is 15.0. The molecule has 0 radical (unpaired) electrons. The van der Waals surface area contributed by atoms with Crippen molar-refractivity contribution in [3.8, 4) is 0 Å². The van der Waals surface area contributed by atoms with Crippen LogP contribution in [0.2, 0.25) is 0 Å². The fraction of sp³-hybridized carbons (Fsp3) is 0.333. The van der Waals surface area contributed by atoms with Crippen molar-refractivity contribution in [1.82, 2.24) is 10.3 Å². The fourth-order valence-corrected chi connectivity index (χ4v) is 2.69. The van der Waals surface area contributed by atoms with Crippen molar-refractivity contribution in [1.29, 1.82) is 0 Å². The van der Waals surface area contributed by atoms with Crippen LogP contribution in [0.15, 0.2) is 35.9 Å². The van der Waals surface area contributed by atoms with Crippen LogP contribution in [0.1, 0.15) is 31.1 Å². The van der Waals surface area contributed by atoms with Crippen molar-refractivity contribution in [3.05, 3.63) is 47.2 Å². The lowest BCUT2D eigenvalue weighted by Crippen LogP contribution is -2.28. The third-order valence-corrected chi connectivity index (χ3v) is 3.40. The van der Waals surface area contributed by atoms with Gasteiger partial charge in [0, 0.05) is 23.1 Å². The smallest absolute Gasteiger partial charge is 0.0664 e. The molecule has 0 saturated carbocycles. The highest BCUT2D eigenvalue weighted by molar-refractivity contribution is 5.85. The molecule has 2 heterocycles. The average Bonchev–Trinajstić information content (AvgIpc) is 2.68. The van der Waals surface area contributed by atoms with Gasteiger partial charge in [-0.2, -0.15) is 0 Å². The van der Waals surface area contributed by atoms with Crippen LogP contribution in [-0.2, 0) is 6.42 Å². The van der Waals surface area contributed by atoms with Gasteiger partial charge in [0.2, 0.25) is 0 Å². The number of aromatic amines is 1. The first-order valence-corrected chi connectivity index (χ1v) is 6.23. The maximum absolute atomic E-state index is 3.56. The minimum absolute atomic E-state index is 0.344. The lowest BCUT2D eigenvalue weighted by atomic mass is 9.98. The van der Waals surface area contributed by atoms with Crippen LogP contribution in [0.3, 0.4) is 0 Å². The first kappa shape index (κ1) is 10.6. The van der Waals surface area contributed by atoms with Crippen LogP contribution >= 0.6 is 0 Å². The van der Waals surface area contributed by atoms with Gasteiger partial charge in [0.25, 0.3) is 0 Å². The van der Waals surface area contributed by atoms with Crippen molar-refractivity contribution >= 4 is 10.9 Å². The van der Waals surface area contributed by atoms with Crippen molar-refractivity contribution in [3.63, 3.8) is 0 Å². The largest absolute Gasteiger partial charge is 0.357 e. The summed E-state index contributed by atoms with van der Waals surface area (Å²) >= 11 is 0. The molecule has 0 bridgehead atoms. The van der Waals surface area contributed by atoms with E-state index in [9.17, 15) is 0 Å². The highest BCUT2D eigenvalue weighted by Gasteiger charge is 2.21. The summed E-state index contributed by atoms with van der Waals surface area (Å²) in [6.45, 7) is 5.36. The number of allylic oxidation sites excluding steroid dienone is 1. The van der Waals surface area contributed by atoms with Gasteiger partial charge in [-0.05, 0) is 31.9 Å². The quantitative estimate of drug-likeness (QED) is 0.717. The molecule has 1 unspecified atom stereocenters. The van der Waals surface area contributed by atoms with Gasteiger partial charge < -0.3 is 10.3 Å². The molecular weight excluding hydrogens is 208 g/mol. The standard InChI is InChI=1S/C15H18N2/c1-10(2)9-14-15-12(7-8-16-14)11-5-3-4-6-13(11)17-15/h3-6,9,14,16-17H,7-8H2,1-2H3. The van der Waals surface area contributed by atoms with E-state index < -0.39 is 0 Å². The Morgan fingerprint density at radius 1 is 1.29 bits per heavy atom. The molecule has 0 saturated heterocycles. The van der Waals surface area contributed by atoms with Gasteiger partial charge in [-0.25, -0.2) is 0 Å². The Morgan fingerprint density at radius 3 is 2.94 bits per heavy atom. The molecule has 3 rings (SSSR count). The van der Waals surface area contributed by atoms with E-state index in [1.807, 2.05) is 0 Å². The minimum atomic E-state index is 0.344. The van der Waals surface area contributed by atoms with Crippen molar-refractivity contribution < 1.29 is 0 Å². The number of aromatic nitrogens is 1. The Morgan fingerprint density at radius 2 is 2.12 bits per heavy atom. The maximum atomic E-state index is 3.56. The van der Waals surface area contributed by atoms with Gasteiger partial charge in [-0.15, -0.1) is 0 Å². The first-order valence-electron chi connectivity index (χ1n) is 6.23. The number of rotatable bonds is 1.